The summed E-state index contributed by atoms with van der Waals surface area (Å²) in [5.74, 6) is -2.81. The fourth-order valence-corrected chi connectivity index (χ4v) is 0.825. The van der Waals surface area contributed by atoms with Crippen molar-refractivity contribution >= 4 is 12.0 Å². The van der Waals surface area contributed by atoms with Gasteiger partial charge in [0.15, 0.2) is 0 Å². The minimum absolute atomic E-state index is 0.343. The summed E-state index contributed by atoms with van der Waals surface area (Å²) < 4.78 is 25.6. The molecule has 2 nitrogen and oxygen atoms in total. The Balaban J connectivity index is 3.06. The number of rotatable bonds is 2. The highest BCUT2D eigenvalue weighted by Crippen LogP contribution is 2.13. The molecule has 0 atom stereocenters. The van der Waals surface area contributed by atoms with Gasteiger partial charge in [0, 0.05) is 11.6 Å². The van der Waals surface area contributed by atoms with E-state index >= 15 is 0 Å². The second kappa shape index (κ2) is 3.80. The summed E-state index contributed by atoms with van der Waals surface area (Å²) in [6.45, 7) is 0. The van der Waals surface area contributed by atoms with Crippen molar-refractivity contribution in [3.8, 4) is 0 Å². The zero-order valence-electron chi connectivity index (χ0n) is 6.50. The SMILES string of the molecule is O=C(O)/C=C\c1c(F)cccc1F. The van der Waals surface area contributed by atoms with Gasteiger partial charge in [-0.05, 0) is 18.2 Å². The van der Waals surface area contributed by atoms with E-state index in [0.717, 1.165) is 18.2 Å². The van der Waals surface area contributed by atoms with Gasteiger partial charge in [-0.2, -0.15) is 0 Å². The number of benzene rings is 1. The van der Waals surface area contributed by atoms with Crippen LogP contribution in [-0.4, -0.2) is 11.1 Å². The largest absolute Gasteiger partial charge is 0.478 e. The topological polar surface area (TPSA) is 37.3 Å². The van der Waals surface area contributed by atoms with E-state index in [9.17, 15) is 13.6 Å². The van der Waals surface area contributed by atoms with E-state index in [-0.39, 0.29) is 5.56 Å². The van der Waals surface area contributed by atoms with E-state index in [1.54, 1.807) is 0 Å². The normalized spacial score (nSPS) is 10.6. The van der Waals surface area contributed by atoms with Gasteiger partial charge in [-0.3, -0.25) is 0 Å². The first-order valence-corrected chi connectivity index (χ1v) is 3.46. The summed E-state index contributed by atoms with van der Waals surface area (Å²) in [5, 5.41) is 8.22. The van der Waals surface area contributed by atoms with Crippen molar-refractivity contribution in [2.75, 3.05) is 0 Å². The monoisotopic (exact) mass is 184 g/mol. The Morgan fingerprint density at radius 2 is 1.85 bits per heavy atom. The van der Waals surface area contributed by atoms with Gasteiger partial charge in [-0.25, -0.2) is 13.6 Å². The zero-order valence-corrected chi connectivity index (χ0v) is 6.50. The molecule has 0 aliphatic rings. The van der Waals surface area contributed by atoms with Crippen LogP contribution in [0, 0.1) is 11.6 Å². The van der Waals surface area contributed by atoms with Crippen LogP contribution >= 0.6 is 0 Å². The molecule has 1 rings (SSSR count). The summed E-state index contributed by atoms with van der Waals surface area (Å²) in [6.07, 6.45) is 1.56. The Bertz CT molecular complexity index is 338. The smallest absolute Gasteiger partial charge is 0.328 e. The lowest BCUT2D eigenvalue weighted by atomic mass is 10.2. The molecule has 0 aliphatic carbocycles. The molecule has 0 saturated carbocycles. The Labute approximate surface area is 73.1 Å². The molecule has 4 heteroatoms. The second-order valence-electron chi connectivity index (χ2n) is 2.31. The molecule has 0 saturated heterocycles. The van der Waals surface area contributed by atoms with Crippen LogP contribution in [-0.2, 0) is 4.79 Å². The molecular weight excluding hydrogens is 178 g/mol. The molecular formula is C9H6F2O2. The highest BCUT2D eigenvalue weighted by atomic mass is 19.1. The predicted molar refractivity (Wildman–Crippen MR) is 43.0 cm³/mol. The van der Waals surface area contributed by atoms with E-state index in [1.165, 1.54) is 6.07 Å². The molecule has 1 aromatic rings. The highest BCUT2D eigenvalue weighted by Gasteiger charge is 2.04. The third-order valence-corrected chi connectivity index (χ3v) is 1.39. The Morgan fingerprint density at radius 1 is 1.31 bits per heavy atom. The maximum absolute atomic E-state index is 12.8. The lowest BCUT2D eigenvalue weighted by molar-refractivity contribution is -0.131. The molecule has 0 fully saturated rings. The Kier molecular flexibility index (Phi) is 2.74. The van der Waals surface area contributed by atoms with Crippen molar-refractivity contribution in [2.24, 2.45) is 0 Å². The van der Waals surface area contributed by atoms with Crippen LogP contribution in [0.1, 0.15) is 5.56 Å². The number of hydrogen-bond donors (Lipinski definition) is 1. The van der Waals surface area contributed by atoms with Gasteiger partial charge >= 0.3 is 5.97 Å². The van der Waals surface area contributed by atoms with Crippen LogP contribution in [0.3, 0.4) is 0 Å². The van der Waals surface area contributed by atoms with Crippen molar-refractivity contribution < 1.29 is 18.7 Å². The van der Waals surface area contributed by atoms with E-state index < -0.39 is 17.6 Å². The summed E-state index contributed by atoms with van der Waals surface area (Å²) >= 11 is 0. The quantitative estimate of drug-likeness (QED) is 0.714. The third-order valence-electron chi connectivity index (χ3n) is 1.39. The first kappa shape index (κ1) is 9.38. The molecule has 1 aromatic carbocycles. The van der Waals surface area contributed by atoms with Crippen LogP contribution in [0.5, 0.6) is 0 Å². The second-order valence-corrected chi connectivity index (χ2v) is 2.31. The van der Waals surface area contributed by atoms with Crippen LogP contribution in [0.25, 0.3) is 6.08 Å². The van der Waals surface area contributed by atoms with Crippen LogP contribution in [0.15, 0.2) is 24.3 Å². The molecule has 0 heterocycles. The lowest BCUT2D eigenvalue weighted by Gasteiger charge is -1.96. The molecule has 68 valence electrons. The first-order chi connectivity index (χ1) is 6.11. The Hall–Kier alpha value is -1.71. The average Bonchev–Trinajstić information content (AvgIpc) is 2.03. The number of halogens is 2. The van der Waals surface area contributed by atoms with Gasteiger partial charge in [0.25, 0.3) is 0 Å². The number of carboxylic acid groups (broad SMARTS) is 1. The van der Waals surface area contributed by atoms with Crippen molar-refractivity contribution in [1.82, 2.24) is 0 Å². The predicted octanol–water partition coefficient (Wildman–Crippen LogP) is 2.06. The number of aliphatic carboxylic acids is 1. The molecule has 0 aliphatic heterocycles. The molecule has 0 spiro atoms. The minimum atomic E-state index is -1.25. The van der Waals surface area contributed by atoms with Crippen LogP contribution < -0.4 is 0 Å². The van der Waals surface area contributed by atoms with Crippen molar-refractivity contribution in [3.63, 3.8) is 0 Å². The number of carbonyl (C=O) groups is 1. The van der Waals surface area contributed by atoms with E-state index in [2.05, 4.69) is 0 Å². The molecule has 1 N–H and O–H groups in total. The van der Waals surface area contributed by atoms with E-state index in [1.807, 2.05) is 0 Å². The first-order valence-electron chi connectivity index (χ1n) is 3.46. The lowest BCUT2D eigenvalue weighted by Crippen LogP contribution is -1.90. The van der Waals surface area contributed by atoms with Gasteiger partial charge in [0.2, 0.25) is 0 Å². The van der Waals surface area contributed by atoms with E-state index in [4.69, 9.17) is 5.11 Å². The fourth-order valence-electron chi connectivity index (χ4n) is 0.825. The molecule has 0 unspecified atom stereocenters. The molecule has 13 heavy (non-hydrogen) atoms. The minimum Gasteiger partial charge on any atom is -0.478 e. The molecule has 0 bridgehead atoms. The fraction of sp³-hybridized carbons (Fsp3) is 0. The zero-order chi connectivity index (χ0) is 9.84. The van der Waals surface area contributed by atoms with Crippen molar-refractivity contribution in [2.45, 2.75) is 0 Å². The standard InChI is InChI=1S/C9H6F2O2/c10-7-2-1-3-8(11)6(7)4-5-9(12)13/h1-5H,(H,12,13)/b5-4-. The average molecular weight is 184 g/mol. The van der Waals surface area contributed by atoms with Gasteiger partial charge < -0.3 is 5.11 Å². The number of hydrogen-bond acceptors (Lipinski definition) is 1. The van der Waals surface area contributed by atoms with Crippen LogP contribution in [0.4, 0.5) is 8.78 Å². The summed E-state index contributed by atoms with van der Waals surface area (Å²) in [7, 11) is 0. The maximum atomic E-state index is 12.8. The molecule has 0 amide bonds. The third kappa shape index (κ3) is 2.37. The van der Waals surface area contributed by atoms with Gasteiger partial charge in [-0.15, -0.1) is 0 Å². The summed E-state index contributed by atoms with van der Waals surface area (Å²) in [4.78, 5) is 10.1. The Morgan fingerprint density at radius 3 is 2.31 bits per heavy atom. The van der Waals surface area contributed by atoms with Gasteiger partial charge in [0.1, 0.15) is 11.6 Å². The molecule has 0 radical (unpaired) electrons. The van der Waals surface area contributed by atoms with Crippen molar-refractivity contribution in [1.29, 1.82) is 0 Å². The van der Waals surface area contributed by atoms with Gasteiger partial charge in [-0.1, -0.05) is 6.07 Å². The van der Waals surface area contributed by atoms with Crippen molar-refractivity contribution in [3.05, 3.63) is 41.5 Å². The molecule has 0 aromatic heterocycles. The summed E-state index contributed by atoms with van der Waals surface area (Å²) in [5.41, 5.74) is -0.343. The highest BCUT2D eigenvalue weighted by molar-refractivity contribution is 5.85. The van der Waals surface area contributed by atoms with Crippen LogP contribution in [0.2, 0.25) is 0 Å². The maximum Gasteiger partial charge on any atom is 0.328 e. The summed E-state index contributed by atoms with van der Waals surface area (Å²) in [6, 6.07) is 3.33. The van der Waals surface area contributed by atoms with Gasteiger partial charge in [0.05, 0.1) is 0 Å². The van der Waals surface area contributed by atoms with E-state index in [0.29, 0.717) is 6.08 Å². The number of carboxylic acids is 1.